The van der Waals surface area contributed by atoms with Gasteiger partial charge in [0.05, 0.1) is 6.10 Å². The summed E-state index contributed by atoms with van der Waals surface area (Å²) in [5.74, 6) is -2.11. The molecule has 44 heavy (non-hydrogen) atoms. The molecule has 0 aromatic carbocycles. The van der Waals surface area contributed by atoms with E-state index in [1.54, 1.807) is 27.7 Å². The number of rotatable bonds is 19. The van der Waals surface area contributed by atoms with E-state index >= 15 is 0 Å². The highest BCUT2D eigenvalue weighted by Gasteiger charge is 2.37. The number of unbranched alkanes of at least 4 members (excludes halogenated alkanes) is 1. The second-order valence-electron chi connectivity index (χ2n) is 13.0. The van der Waals surface area contributed by atoms with Gasteiger partial charge in [-0.2, -0.15) is 0 Å². The van der Waals surface area contributed by atoms with Crippen LogP contribution >= 0.6 is 0 Å². The highest BCUT2D eigenvalue weighted by atomic mass is 16.6. The molecule has 0 unspecified atom stereocenters. The molecule has 0 heterocycles. The van der Waals surface area contributed by atoms with Crippen LogP contribution in [0.5, 0.6) is 0 Å². The number of hydrogen-bond acceptors (Lipinski definition) is 8. The number of carbonyl (C=O) groups is 5. The summed E-state index contributed by atoms with van der Waals surface area (Å²) in [5.41, 5.74) is -0.755. The van der Waals surface area contributed by atoms with Gasteiger partial charge in [-0.05, 0) is 58.8 Å². The minimum Gasteiger partial charge on any atom is -0.460 e. The third-order valence-electron chi connectivity index (χ3n) is 6.53. The average Bonchev–Trinajstić information content (AvgIpc) is 2.90. The number of carbonyl (C=O) groups excluding carboxylic acids is 5. The molecule has 0 rings (SSSR count). The Kier molecular flexibility index (Phi) is 18.6. The van der Waals surface area contributed by atoms with Crippen LogP contribution in [-0.4, -0.2) is 103 Å². The molecule has 0 aromatic heterocycles. The fraction of sp³-hybridized carbons (Fsp3) is 0.781. The van der Waals surface area contributed by atoms with E-state index in [1.807, 2.05) is 34.6 Å². The molecule has 0 fully saturated rings. The van der Waals surface area contributed by atoms with Gasteiger partial charge in [0.15, 0.2) is 0 Å². The van der Waals surface area contributed by atoms with Gasteiger partial charge < -0.3 is 34.6 Å². The molecule has 0 spiro atoms. The van der Waals surface area contributed by atoms with E-state index in [2.05, 4.69) is 17.2 Å². The second kappa shape index (κ2) is 20.0. The molecule has 12 nitrogen and oxygen atoms in total. The maximum Gasteiger partial charge on any atom is 0.408 e. The van der Waals surface area contributed by atoms with E-state index in [0.29, 0.717) is 19.4 Å². The first kappa shape index (κ1) is 40.9. The Balaban J connectivity index is 6.19. The van der Waals surface area contributed by atoms with E-state index in [-0.39, 0.29) is 25.0 Å². The van der Waals surface area contributed by atoms with Crippen LogP contribution in [0.3, 0.4) is 0 Å². The largest absolute Gasteiger partial charge is 0.460 e. The van der Waals surface area contributed by atoms with E-state index in [9.17, 15) is 24.0 Å². The van der Waals surface area contributed by atoms with Crippen LogP contribution in [0.4, 0.5) is 4.79 Å². The predicted molar refractivity (Wildman–Crippen MR) is 170 cm³/mol. The summed E-state index contributed by atoms with van der Waals surface area (Å²) in [6, 6.07) is -3.03. The first-order valence-corrected chi connectivity index (χ1v) is 15.5. The summed E-state index contributed by atoms with van der Waals surface area (Å²) in [5, 5.41) is 5.48. The summed E-state index contributed by atoms with van der Waals surface area (Å²) < 4.78 is 16.3. The van der Waals surface area contributed by atoms with Gasteiger partial charge in [-0.3, -0.25) is 19.2 Å². The highest BCUT2D eigenvalue weighted by molar-refractivity contribution is 5.94. The number of esters is 1. The van der Waals surface area contributed by atoms with Gasteiger partial charge in [0, 0.05) is 20.7 Å². The van der Waals surface area contributed by atoms with Crippen LogP contribution in [0.25, 0.3) is 0 Å². The monoisotopic (exact) mass is 626 g/mol. The lowest BCUT2D eigenvalue weighted by atomic mass is 9.98. The second-order valence-corrected chi connectivity index (χ2v) is 13.0. The lowest BCUT2D eigenvalue weighted by molar-refractivity contribution is -0.150. The maximum atomic E-state index is 13.9. The van der Waals surface area contributed by atoms with Gasteiger partial charge in [-0.15, -0.1) is 0 Å². The Bertz CT molecular complexity index is 947. The Hall–Kier alpha value is -3.15. The molecule has 0 bridgehead atoms. The normalized spacial score (nSPS) is 14.2. The van der Waals surface area contributed by atoms with Crippen LogP contribution in [0.2, 0.25) is 0 Å². The van der Waals surface area contributed by atoms with E-state index in [4.69, 9.17) is 14.2 Å². The SMILES string of the molecule is C=CCOC(=O)CN(C)C(=O)[C@@H](NC(=O)[C@H](CC(C)C)N(C)C(=O)[C@H](CC(C)C)NC(=O)OC(C)(C)C)[C@@H](C)OCCCC. The zero-order valence-corrected chi connectivity index (χ0v) is 28.9. The molecular formula is C32H58N4O8. The van der Waals surface area contributed by atoms with Crippen LogP contribution in [0.15, 0.2) is 12.7 Å². The van der Waals surface area contributed by atoms with Gasteiger partial charge in [0.1, 0.15) is 36.9 Å². The molecule has 0 aromatic rings. The number of likely N-dealkylation sites (N-methyl/N-ethyl adjacent to an activating group) is 2. The van der Waals surface area contributed by atoms with Crippen molar-refractivity contribution in [2.45, 2.75) is 118 Å². The molecule has 4 atom stereocenters. The molecule has 0 aliphatic carbocycles. The van der Waals surface area contributed by atoms with E-state index < -0.39 is 59.6 Å². The number of nitrogens with zero attached hydrogens (tertiary/aromatic N) is 2. The quantitative estimate of drug-likeness (QED) is 0.126. The van der Waals surface area contributed by atoms with Crippen molar-refractivity contribution >= 4 is 29.8 Å². The first-order chi connectivity index (χ1) is 20.3. The average molecular weight is 627 g/mol. The van der Waals surface area contributed by atoms with Crippen molar-refractivity contribution in [2.24, 2.45) is 11.8 Å². The first-order valence-electron chi connectivity index (χ1n) is 15.5. The molecule has 0 radical (unpaired) electrons. The summed E-state index contributed by atoms with van der Waals surface area (Å²) >= 11 is 0. The van der Waals surface area contributed by atoms with Crippen molar-refractivity contribution in [3.8, 4) is 0 Å². The van der Waals surface area contributed by atoms with E-state index in [1.165, 1.54) is 30.0 Å². The lowest BCUT2D eigenvalue weighted by Crippen LogP contribution is -2.60. The molecule has 254 valence electrons. The van der Waals surface area contributed by atoms with Crippen LogP contribution in [0.1, 0.15) is 88.0 Å². The summed E-state index contributed by atoms with van der Waals surface area (Å²) in [7, 11) is 2.95. The predicted octanol–water partition coefficient (Wildman–Crippen LogP) is 3.68. The number of amides is 4. The van der Waals surface area contributed by atoms with E-state index in [0.717, 1.165) is 12.8 Å². The Morgan fingerprint density at radius 3 is 2.00 bits per heavy atom. The highest BCUT2D eigenvalue weighted by Crippen LogP contribution is 2.17. The van der Waals surface area contributed by atoms with Crippen LogP contribution in [0, 0.1) is 11.8 Å². The lowest BCUT2D eigenvalue weighted by Gasteiger charge is -2.35. The van der Waals surface area contributed by atoms with Gasteiger partial charge >= 0.3 is 12.1 Å². The molecule has 2 N–H and O–H groups in total. The zero-order valence-electron chi connectivity index (χ0n) is 28.9. The van der Waals surface area contributed by atoms with Crippen molar-refractivity contribution < 1.29 is 38.2 Å². The number of ether oxygens (including phenoxy) is 3. The standard InChI is InChI=1S/C32H58N4O8/c1-13-15-17-42-23(7)27(30(40)35(11)20-26(37)43-16-14-2)34-28(38)25(19-22(5)6)36(12)29(39)24(18-21(3)4)33-31(41)44-32(8,9)10/h14,21-25,27H,2,13,15-20H2,1,3-12H3,(H,33,41)(H,34,38)/t23-,24+,25+,27+/m1/s1. The Morgan fingerprint density at radius 2 is 1.50 bits per heavy atom. The summed E-state index contributed by atoms with van der Waals surface area (Å²) in [6.07, 6.45) is 2.23. The minimum absolute atomic E-state index is 0.00932. The van der Waals surface area contributed by atoms with Gasteiger partial charge in [-0.1, -0.05) is 53.7 Å². The third kappa shape index (κ3) is 16.1. The molecule has 0 saturated carbocycles. The van der Waals surface area contributed by atoms with Crippen molar-refractivity contribution in [1.29, 1.82) is 0 Å². The fourth-order valence-electron chi connectivity index (χ4n) is 4.28. The van der Waals surface area contributed by atoms with Crippen LogP contribution < -0.4 is 10.6 Å². The fourth-order valence-corrected chi connectivity index (χ4v) is 4.28. The Morgan fingerprint density at radius 1 is 0.909 bits per heavy atom. The van der Waals surface area contributed by atoms with Crippen molar-refractivity contribution in [1.82, 2.24) is 20.4 Å². The molecule has 12 heteroatoms. The summed E-state index contributed by atoms with van der Waals surface area (Å²) in [6.45, 7) is 20.1. The maximum absolute atomic E-state index is 13.9. The molecule has 0 aliphatic rings. The van der Waals surface area contributed by atoms with Crippen molar-refractivity contribution in [3.05, 3.63) is 12.7 Å². The van der Waals surface area contributed by atoms with Crippen molar-refractivity contribution in [3.63, 3.8) is 0 Å². The van der Waals surface area contributed by atoms with Gasteiger partial charge in [-0.25, -0.2) is 4.79 Å². The van der Waals surface area contributed by atoms with Crippen molar-refractivity contribution in [2.75, 3.05) is 33.9 Å². The Labute approximate surface area is 264 Å². The molecule has 4 amide bonds. The van der Waals surface area contributed by atoms with Gasteiger partial charge in [0.2, 0.25) is 17.7 Å². The number of hydrogen-bond donors (Lipinski definition) is 2. The zero-order chi connectivity index (χ0) is 34.2. The minimum atomic E-state index is -1.14. The topological polar surface area (TPSA) is 144 Å². The summed E-state index contributed by atoms with van der Waals surface area (Å²) in [4.78, 5) is 68.4. The third-order valence-corrected chi connectivity index (χ3v) is 6.53. The smallest absolute Gasteiger partial charge is 0.408 e. The number of nitrogens with one attached hydrogen (secondary N) is 2. The molecular weight excluding hydrogens is 568 g/mol. The van der Waals surface area contributed by atoms with Crippen LogP contribution in [-0.2, 0) is 33.4 Å². The van der Waals surface area contributed by atoms with Gasteiger partial charge in [0.25, 0.3) is 0 Å². The molecule has 0 saturated heterocycles. The number of alkyl carbamates (subject to hydrolysis) is 1. The molecule has 0 aliphatic heterocycles.